The standard InChI is InChI=1S/C13H19N3O4S/c1-15(10-6-13(17)18)21(19,20)16-9-2-3-12(16)11-4-7-14-8-5-11/h4-5,7-8,12H,2-3,6,9-10H2,1H3,(H,17,18). The normalized spacial score (nSPS) is 20.0. The molecule has 0 saturated carbocycles. The maximum Gasteiger partial charge on any atom is 0.304 e. The fourth-order valence-electron chi connectivity index (χ4n) is 2.48. The van der Waals surface area contributed by atoms with E-state index in [0.717, 1.165) is 22.7 Å². The molecule has 0 spiro atoms. The number of aromatic nitrogens is 1. The van der Waals surface area contributed by atoms with Gasteiger partial charge in [-0.05, 0) is 30.5 Å². The van der Waals surface area contributed by atoms with E-state index in [2.05, 4.69) is 4.98 Å². The Morgan fingerprint density at radius 3 is 2.76 bits per heavy atom. The second-order valence-corrected chi connectivity index (χ2v) is 7.01. The summed E-state index contributed by atoms with van der Waals surface area (Å²) in [6.45, 7) is 0.421. The largest absolute Gasteiger partial charge is 0.481 e. The van der Waals surface area contributed by atoms with Crippen LogP contribution in [0.3, 0.4) is 0 Å². The summed E-state index contributed by atoms with van der Waals surface area (Å²) in [6.07, 6.45) is 4.64. The summed E-state index contributed by atoms with van der Waals surface area (Å²) in [4.78, 5) is 14.5. The number of aliphatic carboxylic acids is 1. The van der Waals surface area contributed by atoms with Crippen LogP contribution in [0.4, 0.5) is 0 Å². The first-order valence-corrected chi connectivity index (χ1v) is 8.17. The number of carbonyl (C=O) groups is 1. The summed E-state index contributed by atoms with van der Waals surface area (Å²) in [5, 5.41) is 8.68. The van der Waals surface area contributed by atoms with Crippen LogP contribution in [0.2, 0.25) is 0 Å². The number of carboxylic acid groups (broad SMARTS) is 1. The SMILES string of the molecule is CN(CCC(=O)O)S(=O)(=O)N1CCCC1c1ccncc1. The number of nitrogens with zero attached hydrogens (tertiary/aromatic N) is 3. The number of hydrogen-bond acceptors (Lipinski definition) is 4. The molecule has 1 atom stereocenters. The summed E-state index contributed by atoms with van der Waals surface area (Å²) in [5.74, 6) is -1.01. The first-order chi connectivity index (χ1) is 9.93. The molecule has 1 saturated heterocycles. The Bertz CT molecular complexity index is 591. The molecule has 116 valence electrons. The maximum atomic E-state index is 12.6. The molecule has 2 heterocycles. The summed E-state index contributed by atoms with van der Waals surface area (Å²) in [5.41, 5.74) is 0.915. The van der Waals surface area contributed by atoms with Crippen LogP contribution in [0, 0.1) is 0 Å². The van der Waals surface area contributed by atoms with E-state index in [9.17, 15) is 13.2 Å². The predicted molar refractivity (Wildman–Crippen MR) is 76.7 cm³/mol. The topological polar surface area (TPSA) is 90.8 Å². The number of carboxylic acids is 1. The van der Waals surface area contributed by atoms with E-state index in [0.29, 0.717) is 6.54 Å². The van der Waals surface area contributed by atoms with Crippen molar-refractivity contribution in [3.8, 4) is 0 Å². The highest BCUT2D eigenvalue weighted by Crippen LogP contribution is 2.34. The summed E-state index contributed by atoms with van der Waals surface area (Å²) in [7, 11) is -2.23. The summed E-state index contributed by atoms with van der Waals surface area (Å²) >= 11 is 0. The second-order valence-electron chi connectivity index (χ2n) is 5.02. The van der Waals surface area contributed by atoms with Gasteiger partial charge in [0.05, 0.1) is 12.5 Å². The minimum Gasteiger partial charge on any atom is -0.481 e. The second kappa shape index (κ2) is 6.50. The highest BCUT2D eigenvalue weighted by atomic mass is 32.2. The van der Waals surface area contributed by atoms with E-state index in [4.69, 9.17) is 5.11 Å². The van der Waals surface area contributed by atoms with Crippen molar-refractivity contribution in [2.75, 3.05) is 20.1 Å². The first-order valence-electron chi connectivity index (χ1n) is 6.77. The van der Waals surface area contributed by atoms with Gasteiger partial charge >= 0.3 is 5.97 Å². The lowest BCUT2D eigenvalue weighted by Crippen LogP contribution is -2.42. The monoisotopic (exact) mass is 313 g/mol. The summed E-state index contributed by atoms with van der Waals surface area (Å²) < 4.78 is 27.7. The van der Waals surface area contributed by atoms with E-state index in [1.54, 1.807) is 12.4 Å². The molecule has 7 nitrogen and oxygen atoms in total. The highest BCUT2D eigenvalue weighted by Gasteiger charge is 2.37. The van der Waals surface area contributed by atoms with Crippen LogP contribution in [-0.2, 0) is 15.0 Å². The molecule has 0 bridgehead atoms. The zero-order valence-corrected chi connectivity index (χ0v) is 12.7. The lowest BCUT2D eigenvalue weighted by molar-refractivity contribution is -0.137. The molecule has 1 aromatic rings. The number of rotatable bonds is 6. The van der Waals surface area contributed by atoms with Gasteiger partial charge in [0, 0.05) is 32.5 Å². The molecule has 0 radical (unpaired) electrons. The molecule has 0 aromatic carbocycles. The maximum absolute atomic E-state index is 12.6. The molecule has 1 aliphatic rings. The van der Waals surface area contributed by atoms with E-state index >= 15 is 0 Å². The van der Waals surface area contributed by atoms with Crippen LogP contribution in [0.15, 0.2) is 24.5 Å². The molecule has 0 aliphatic carbocycles. The van der Waals surface area contributed by atoms with Gasteiger partial charge in [0.25, 0.3) is 10.2 Å². The van der Waals surface area contributed by atoms with Gasteiger partial charge in [-0.3, -0.25) is 9.78 Å². The van der Waals surface area contributed by atoms with E-state index < -0.39 is 16.2 Å². The zero-order chi connectivity index (χ0) is 15.5. The van der Waals surface area contributed by atoms with Crippen LogP contribution >= 0.6 is 0 Å². The Kier molecular flexibility index (Phi) is 4.92. The average Bonchev–Trinajstić information content (AvgIpc) is 2.95. The highest BCUT2D eigenvalue weighted by molar-refractivity contribution is 7.86. The Balaban J connectivity index is 2.16. The molecule has 1 aliphatic heterocycles. The van der Waals surface area contributed by atoms with Gasteiger partial charge in [0.1, 0.15) is 0 Å². The van der Waals surface area contributed by atoms with Crippen molar-refractivity contribution in [3.05, 3.63) is 30.1 Å². The van der Waals surface area contributed by atoms with Crippen molar-refractivity contribution in [3.63, 3.8) is 0 Å². The van der Waals surface area contributed by atoms with Gasteiger partial charge in [0.15, 0.2) is 0 Å². The zero-order valence-electron chi connectivity index (χ0n) is 11.8. The molecule has 21 heavy (non-hydrogen) atoms. The number of hydrogen-bond donors (Lipinski definition) is 1. The van der Waals surface area contributed by atoms with E-state index in [-0.39, 0.29) is 19.0 Å². The fourth-order valence-corrected chi connectivity index (χ4v) is 4.07. The Morgan fingerprint density at radius 1 is 1.48 bits per heavy atom. The molecule has 2 rings (SSSR count). The van der Waals surface area contributed by atoms with Crippen LogP contribution in [0.1, 0.15) is 30.9 Å². The molecule has 8 heteroatoms. The van der Waals surface area contributed by atoms with Gasteiger partial charge in [0.2, 0.25) is 0 Å². The van der Waals surface area contributed by atoms with E-state index in [1.807, 2.05) is 12.1 Å². The third-order valence-corrected chi connectivity index (χ3v) is 5.63. The van der Waals surface area contributed by atoms with Crippen LogP contribution < -0.4 is 0 Å². The number of pyridine rings is 1. The Morgan fingerprint density at radius 2 is 2.14 bits per heavy atom. The minimum absolute atomic E-state index is 0.0305. The summed E-state index contributed by atoms with van der Waals surface area (Å²) in [6, 6.07) is 3.43. The average molecular weight is 313 g/mol. The third kappa shape index (κ3) is 3.58. The fraction of sp³-hybridized carbons (Fsp3) is 0.538. The molecular formula is C13H19N3O4S. The van der Waals surface area contributed by atoms with Gasteiger partial charge in [-0.1, -0.05) is 0 Å². The molecular weight excluding hydrogens is 294 g/mol. The molecule has 0 amide bonds. The van der Waals surface area contributed by atoms with Crippen molar-refractivity contribution < 1.29 is 18.3 Å². The Labute approximate surface area is 124 Å². The third-order valence-electron chi connectivity index (χ3n) is 3.63. The van der Waals surface area contributed by atoms with Gasteiger partial charge < -0.3 is 5.11 Å². The van der Waals surface area contributed by atoms with Crippen LogP contribution in [0.25, 0.3) is 0 Å². The predicted octanol–water partition coefficient (Wildman–Crippen LogP) is 0.870. The van der Waals surface area contributed by atoms with Crippen molar-refractivity contribution in [2.45, 2.75) is 25.3 Å². The lowest BCUT2D eigenvalue weighted by Gasteiger charge is -2.28. The van der Waals surface area contributed by atoms with Crippen molar-refractivity contribution in [1.82, 2.24) is 13.6 Å². The quantitative estimate of drug-likeness (QED) is 0.841. The van der Waals surface area contributed by atoms with Crippen molar-refractivity contribution >= 4 is 16.2 Å². The van der Waals surface area contributed by atoms with Crippen molar-refractivity contribution in [2.24, 2.45) is 0 Å². The molecule has 1 fully saturated rings. The lowest BCUT2D eigenvalue weighted by atomic mass is 10.1. The minimum atomic E-state index is -3.65. The Hall–Kier alpha value is -1.51. The van der Waals surface area contributed by atoms with Gasteiger partial charge in [-0.2, -0.15) is 17.0 Å². The van der Waals surface area contributed by atoms with Gasteiger partial charge in [-0.25, -0.2) is 0 Å². The van der Waals surface area contributed by atoms with E-state index in [1.165, 1.54) is 11.4 Å². The first kappa shape index (κ1) is 15.9. The smallest absolute Gasteiger partial charge is 0.304 e. The molecule has 1 aromatic heterocycles. The van der Waals surface area contributed by atoms with Crippen LogP contribution in [-0.4, -0.2) is 53.2 Å². The molecule has 1 unspecified atom stereocenters. The molecule has 1 N–H and O–H groups in total. The van der Waals surface area contributed by atoms with Gasteiger partial charge in [-0.15, -0.1) is 0 Å². The van der Waals surface area contributed by atoms with Crippen molar-refractivity contribution in [1.29, 1.82) is 0 Å². The van der Waals surface area contributed by atoms with Crippen LogP contribution in [0.5, 0.6) is 0 Å².